The minimum atomic E-state index is -0.274. The first-order valence-electron chi connectivity index (χ1n) is 6.33. The van der Waals surface area contributed by atoms with E-state index in [9.17, 15) is 9.65 Å². The molecule has 1 saturated heterocycles. The second-order valence-corrected chi connectivity index (χ2v) is 4.68. The summed E-state index contributed by atoms with van der Waals surface area (Å²) >= 11 is 0. The third-order valence-corrected chi connectivity index (χ3v) is 3.36. The van der Waals surface area contributed by atoms with Crippen LogP contribution in [0.2, 0.25) is 0 Å². The Balaban J connectivity index is 2.21. The molecule has 0 amide bonds. The summed E-state index contributed by atoms with van der Waals surface area (Å²) in [6, 6.07) is 7.01. The van der Waals surface area contributed by atoms with Gasteiger partial charge in [-0.1, -0.05) is 12.1 Å². The van der Waals surface area contributed by atoms with Crippen molar-refractivity contribution in [2.75, 3.05) is 26.2 Å². The predicted octanol–water partition coefficient (Wildman–Crippen LogP) is 1.99. The molecular formula is C14H18FN3. The lowest BCUT2D eigenvalue weighted by molar-refractivity contribution is 0.252. The second kappa shape index (κ2) is 5.94. The molecule has 1 aromatic rings. The molecule has 1 N–H and O–H groups in total. The molecule has 4 heteroatoms. The van der Waals surface area contributed by atoms with Crippen LogP contribution in [0.5, 0.6) is 0 Å². The summed E-state index contributed by atoms with van der Waals surface area (Å²) < 4.78 is 13.3. The van der Waals surface area contributed by atoms with E-state index in [0.29, 0.717) is 5.56 Å². The van der Waals surface area contributed by atoms with Gasteiger partial charge in [0.25, 0.3) is 0 Å². The van der Waals surface area contributed by atoms with E-state index in [0.717, 1.165) is 38.2 Å². The topological polar surface area (TPSA) is 39.1 Å². The smallest absolute Gasteiger partial charge is 0.126 e. The molecular weight excluding hydrogens is 229 g/mol. The largest absolute Gasteiger partial charge is 0.315 e. The lowest BCUT2D eigenvalue weighted by Crippen LogP contribution is -2.31. The maximum Gasteiger partial charge on any atom is 0.126 e. The van der Waals surface area contributed by atoms with Crippen LogP contribution in [0.15, 0.2) is 18.2 Å². The van der Waals surface area contributed by atoms with E-state index in [4.69, 9.17) is 0 Å². The summed E-state index contributed by atoms with van der Waals surface area (Å²) in [5, 5.41) is 12.7. The van der Waals surface area contributed by atoms with E-state index in [1.54, 1.807) is 19.1 Å². The van der Waals surface area contributed by atoms with Crippen LogP contribution in [0.1, 0.15) is 23.6 Å². The van der Waals surface area contributed by atoms with E-state index in [-0.39, 0.29) is 11.9 Å². The molecule has 2 rings (SSSR count). The molecule has 18 heavy (non-hydrogen) atoms. The minimum absolute atomic E-state index is 0.215. The third-order valence-electron chi connectivity index (χ3n) is 3.36. The lowest BCUT2D eigenvalue weighted by Gasteiger charge is -2.25. The molecule has 1 unspecified atom stereocenters. The molecule has 0 bridgehead atoms. The summed E-state index contributed by atoms with van der Waals surface area (Å²) in [5.41, 5.74) is 1.49. The molecule has 0 saturated carbocycles. The number of halogens is 1. The fourth-order valence-electron chi connectivity index (χ4n) is 2.33. The van der Waals surface area contributed by atoms with Gasteiger partial charge in [0, 0.05) is 19.6 Å². The maximum absolute atomic E-state index is 13.3. The molecule has 0 aromatic heterocycles. The Morgan fingerprint density at radius 3 is 2.94 bits per heavy atom. The molecule has 0 spiro atoms. The van der Waals surface area contributed by atoms with Crippen molar-refractivity contribution < 1.29 is 4.39 Å². The molecule has 1 aliphatic rings. The normalized spacial score (nSPS) is 18.9. The highest BCUT2D eigenvalue weighted by Crippen LogP contribution is 2.22. The number of aryl methyl sites for hydroxylation is 1. The van der Waals surface area contributed by atoms with E-state index >= 15 is 0 Å². The van der Waals surface area contributed by atoms with Crippen LogP contribution in [0, 0.1) is 24.1 Å². The number of nitrogens with one attached hydrogen (secondary N) is 1. The van der Waals surface area contributed by atoms with Gasteiger partial charge < -0.3 is 5.32 Å². The van der Waals surface area contributed by atoms with Gasteiger partial charge >= 0.3 is 0 Å². The standard InChI is InChI=1S/C14H18FN3/c1-11-9-12(3-4-13(11)15)14(10-16)18-7-2-5-17-6-8-18/h3-4,9,14,17H,2,5-8H2,1H3. The Kier molecular flexibility index (Phi) is 4.29. The number of nitrogens with zero attached hydrogens (tertiary/aromatic N) is 2. The number of hydrogen-bond donors (Lipinski definition) is 1. The fraction of sp³-hybridized carbons (Fsp3) is 0.500. The summed E-state index contributed by atoms with van der Waals surface area (Å²) in [4.78, 5) is 2.16. The maximum atomic E-state index is 13.3. The van der Waals surface area contributed by atoms with Crippen molar-refractivity contribution in [3.8, 4) is 6.07 Å². The van der Waals surface area contributed by atoms with Crippen molar-refractivity contribution in [1.29, 1.82) is 5.26 Å². The Labute approximate surface area is 107 Å². The van der Waals surface area contributed by atoms with Crippen LogP contribution in [0.25, 0.3) is 0 Å². The van der Waals surface area contributed by atoms with Gasteiger partial charge in [-0.15, -0.1) is 0 Å². The van der Waals surface area contributed by atoms with Crippen molar-refractivity contribution in [2.24, 2.45) is 0 Å². The third kappa shape index (κ3) is 2.87. The van der Waals surface area contributed by atoms with Gasteiger partial charge in [0.2, 0.25) is 0 Å². The first-order valence-corrected chi connectivity index (χ1v) is 6.33. The average Bonchev–Trinajstić information content (AvgIpc) is 2.64. The number of rotatable bonds is 2. The van der Waals surface area contributed by atoms with Crippen LogP contribution < -0.4 is 5.32 Å². The fourth-order valence-corrected chi connectivity index (χ4v) is 2.33. The first-order chi connectivity index (χ1) is 8.72. The summed E-state index contributed by atoms with van der Waals surface area (Å²) in [5.74, 6) is -0.215. The molecule has 1 aromatic carbocycles. The van der Waals surface area contributed by atoms with Gasteiger partial charge in [-0.3, -0.25) is 4.90 Å². The zero-order chi connectivity index (χ0) is 13.0. The Hall–Kier alpha value is -1.44. The van der Waals surface area contributed by atoms with Crippen molar-refractivity contribution >= 4 is 0 Å². The van der Waals surface area contributed by atoms with Gasteiger partial charge in [0.15, 0.2) is 0 Å². The Morgan fingerprint density at radius 2 is 2.22 bits per heavy atom. The zero-order valence-electron chi connectivity index (χ0n) is 10.6. The van der Waals surface area contributed by atoms with Crippen molar-refractivity contribution in [3.63, 3.8) is 0 Å². The zero-order valence-corrected chi connectivity index (χ0v) is 10.6. The predicted molar refractivity (Wildman–Crippen MR) is 68.6 cm³/mol. The molecule has 96 valence electrons. The van der Waals surface area contributed by atoms with Crippen LogP contribution in [0.4, 0.5) is 4.39 Å². The van der Waals surface area contributed by atoms with Crippen LogP contribution in [0.3, 0.4) is 0 Å². The van der Waals surface area contributed by atoms with Gasteiger partial charge in [-0.2, -0.15) is 5.26 Å². The SMILES string of the molecule is Cc1cc(C(C#N)N2CCCNCC2)ccc1F. The second-order valence-electron chi connectivity index (χ2n) is 4.68. The minimum Gasteiger partial charge on any atom is -0.315 e. The lowest BCUT2D eigenvalue weighted by atomic mass is 10.0. The van der Waals surface area contributed by atoms with E-state index < -0.39 is 0 Å². The molecule has 1 heterocycles. The quantitative estimate of drug-likeness (QED) is 0.868. The Bertz CT molecular complexity index is 445. The van der Waals surface area contributed by atoms with Gasteiger partial charge in [-0.25, -0.2) is 4.39 Å². The number of hydrogen-bond acceptors (Lipinski definition) is 3. The highest BCUT2D eigenvalue weighted by Gasteiger charge is 2.21. The number of nitriles is 1. The van der Waals surface area contributed by atoms with E-state index in [2.05, 4.69) is 16.3 Å². The van der Waals surface area contributed by atoms with Crippen molar-refractivity contribution in [3.05, 3.63) is 35.1 Å². The first kappa shape index (κ1) is 13.0. The van der Waals surface area contributed by atoms with Crippen molar-refractivity contribution in [1.82, 2.24) is 10.2 Å². The highest BCUT2D eigenvalue weighted by molar-refractivity contribution is 5.29. The molecule has 0 aliphatic carbocycles. The molecule has 1 fully saturated rings. The summed E-state index contributed by atoms with van der Waals surface area (Å²) in [6.45, 7) is 5.39. The average molecular weight is 247 g/mol. The van der Waals surface area contributed by atoms with Gasteiger partial charge in [0.1, 0.15) is 11.9 Å². The summed E-state index contributed by atoms with van der Waals surface area (Å²) in [7, 11) is 0. The van der Waals surface area contributed by atoms with Gasteiger partial charge in [-0.05, 0) is 37.1 Å². The Morgan fingerprint density at radius 1 is 1.39 bits per heavy atom. The van der Waals surface area contributed by atoms with E-state index in [1.165, 1.54) is 6.07 Å². The molecule has 3 nitrogen and oxygen atoms in total. The molecule has 1 atom stereocenters. The summed E-state index contributed by atoms with van der Waals surface area (Å²) in [6.07, 6.45) is 1.04. The number of benzene rings is 1. The molecule has 0 radical (unpaired) electrons. The van der Waals surface area contributed by atoms with Crippen molar-refractivity contribution in [2.45, 2.75) is 19.4 Å². The van der Waals surface area contributed by atoms with Gasteiger partial charge in [0.05, 0.1) is 6.07 Å². The molecule has 1 aliphatic heterocycles. The highest BCUT2D eigenvalue weighted by atomic mass is 19.1. The van der Waals surface area contributed by atoms with Crippen LogP contribution in [-0.4, -0.2) is 31.1 Å². The van der Waals surface area contributed by atoms with E-state index in [1.807, 2.05) is 0 Å². The van der Waals surface area contributed by atoms with Crippen LogP contribution in [-0.2, 0) is 0 Å². The van der Waals surface area contributed by atoms with Crippen LogP contribution >= 0.6 is 0 Å². The monoisotopic (exact) mass is 247 g/mol.